The van der Waals surface area contributed by atoms with E-state index in [4.69, 9.17) is 0 Å². The molecule has 0 amide bonds. The van der Waals surface area contributed by atoms with E-state index in [1.807, 2.05) is 0 Å². The Morgan fingerprint density at radius 3 is 1.89 bits per heavy atom. The minimum absolute atomic E-state index is 0.124. The third-order valence-electron chi connectivity index (χ3n) is 3.37. The average Bonchev–Trinajstić information content (AvgIpc) is 2.31. The molecule has 0 heterocycles. The fourth-order valence-corrected chi connectivity index (χ4v) is 2.16. The van der Waals surface area contributed by atoms with Gasteiger partial charge in [0.25, 0.3) is 0 Å². The maximum Gasteiger partial charge on any atom is 0.134 e. The number of hydrogen-bond donors (Lipinski definition) is 1. The van der Waals surface area contributed by atoms with Crippen LogP contribution in [0.15, 0.2) is 0 Å². The Balaban J connectivity index is 3.25. The molecule has 0 spiro atoms. The highest BCUT2D eigenvalue weighted by molar-refractivity contribution is 5.78. The fraction of sp³-hybridized carbons (Fsp3) is 0.941. The van der Waals surface area contributed by atoms with E-state index in [0.29, 0.717) is 12.2 Å². The van der Waals surface area contributed by atoms with Gasteiger partial charge in [-0.3, -0.25) is 4.79 Å². The first-order valence-corrected chi connectivity index (χ1v) is 8.22. The molecule has 0 aliphatic carbocycles. The fourth-order valence-electron chi connectivity index (χ4n) is 2.16. The second-order valence-corrected chi connectivity index (χ2v) is 6.69. The van der Waals surface area contributed by atoms with Gasteiger partial charge in [0.05, 0.1) is 0 Å². The molecule has 0 saturated heterocycles. The van der Waals surface area contributed by atoms with Crippen LogP contribution in [0.2, 0.25) is 0 Å². The molecular formula is C17H35NO. The van der Waals surface area contributed by atoms with Gasteiger partial charge in [-0.1, -0.05) is 51.9 Å². The summed E-state index contributed by atoms with van der Waals surface area (Å²) in [4.78, 5) is 11.7. The standard InChI is InChI=1S/C17H35NO/c1-5-6-7-8-9-10-11-12-13-16(19)14-15-18-17(2,3)4/h18H,5-15H2,1-4H3. The molecule has 0 radical (unpaired) electrons. The molecule has 0 fully saturated rings. The van der Waals surface area contributed by atoms with Crippen molar-refractivity contribution in [1.29, 1.82) is 0 Å². The van der Waals surface area contributed by atoms with Crippen molar-refractivity contribution < 1.29 is 4.79 Å². The highest BCUT2D eigenvalue weighted by Gasteiger charge is 2.09. The highest BCUT2D eigenvalue weighted by atomic mass is 16.1. The van der Waals surface area contributed by atoms with Gasteiger partial charge in [0.15, 0.2) is 0 Å². The third-order valence-corrected chi connectivity index (χ3v) is 3.37. The van der Waals surface area contributed by atoms with Crippen molar-refractivity contribution in [3.63, 3.8) is 0 Å². The third kappa shape index (κ3) is 15.6. The Hall–Kier alpha value is -0.370. The lowest BCUT2D eigenvalue weighted by Gasteiger charge is -2.20. The van der Waals surface area contributed by atoms with Gasteiger partial charge in [0.1, 0.15) is 5.78 Å². The Morgan fingerprint density at radius 2 is 1.37 bits per heavy atom. The lowest BCUT2D eigenvalue weighted by atomic mass is 10.0. The van der Waals surface area contributed by atoms with Gasteiger partial charge >= 0.3 is 0 Å². The van der Waals surface area contributed by atoms with Crippen molar-refractivity contribution >= 4 is 5.78 Å². The number of Topliss-reactive ketones (excluding diaryl/α,β-unsaturated/α-hetero) is 1. The molecule has 1 N–H and O–H groups in total. The maximum absolute atomic E-state index is 11.7. The Kier molecular flexibility index (Phi) is 11.2. The predicted molar refractivity (Wildman–Crippen MR) is 84.6 cm³/mol. The van der Waals surface area contributed by atoms with Crippen LogP contribution in [0.4, 0.5) is 0 Å². The average molecular weight is 269 g/mol. The molecule has 0 aromatic heterocycles. The molecule has 2 nitrogen and oxygen atoms in total. The molecule has 0 unspecified atom stereocenters. The Labute approximate surface area is 120 Å². The normalized spacial score (nSPS) is 11.8. The zero-order valence-corrected chi connectivity index (χ0v) is 13.7. The lowest BCUT2D eigenvalue weighted by molar-refractivity contribution is -0.119. The molecule has 114 valence electrons. The van der Waals surface area contributed by atoms with E-state index in [2.05, 4.69) is 33.0 Å². The van der Waals surface area contributed by atoms with E-state index in [-0.39, 0.29) is 5.54 Å². The van der Waals surface area contributed by atoms with Gasteiger partial charge in [0, 0.05) is 24.9 Å². The predicted octanol–water partition coefficient (Wildman–Crippen LogP) is 4.86. The Morgan fingerprint density at radius 1 is 0.842 bits per heavy atom. The number of carbonyl (C=O) groups is 1. The monoisotopic (exact) mass is 269 g/mol. The van der Waals surface area contributed by atoms with Gasteiger partial charge in [-0.2, -0.15) is 0 Å². The largest absolute Gasteiger partial charge is 0.312 e. The summed E-state index contributed by atoms with van der Waals surface area (Å²) >= 11 is 0. The zero-order valence-electron chi connectivity index (χ0n) is 13.7. The number of ketones is 1. The van der Waals surface area contributed by atoms with Crippen LogP contribution in [0.25, 0.3) is 0 Å². The SMILES string of the molecule is CCCCCCCCCCC(=O)CCNC(C)(C)C. The molecule has 0 aliphatic heterocycles. The summed E-state index contributed by atoms with van der Waals surface area (Å²) in [5, 5.41) is 3.36. The van der Waals surface area contributed by atoms with Gasteiger partial charge in [-0.05, 0) is 27.2 Å². The smallest absolute Gasteiger partial charge is 0.134 e. The molecule has 0 saturated carbocycles. The van der Waals surface area contributed by atoms with E-state index in [1.54, 1.807) is 0 Å². The van der Waals surface area contributed by atoms with E-state index in [9.17, 15) is 4.79 Å². The van der Waals surface area contributed by atoms with Gasteiger partial charge in [-0.15, -0.1) is 0 Å². The molecule has 19 heavy (non-hydrogen) atoms. The summed E-state index contributed by atoms with van der Waals surface area (Å²) in [5.74, 6) is 0.419. The molecule has 2 heteroatoms. The number of unbranched alkanes of at least 4 members (excludes halogenated alkanes) is 7. The second-order valence-electron chi connectivity index (χ2n) is 6.69. The van der Waals surface area contributed by atoms with Crippen LogP contribution in [0.5, 0.6) is 0 Å². The van der Waals surface area contributed by atoms with Gasteiger partial charge in [0.2, 0.25) is 0 Å². The summed E-state index contributed by atoms with van der Waals surface area (Å²) in [6.45, 7) is 9.47. The highest BCUT2D eigenvalue weighted by Crippen LogP contribution is 2.10. The van der Waals surface area contributed by atoms with E-state index in [0.717, 1.165) is 19.4 Å². The van der Waals surface area contributed by atoms with Crippen molar-refractivity contribution in [3.8, 4) is 0 Å². The van der Waals surface area contributed by atoms with E-state index in [1.165, 1.54) is 44.9 Å². The minimum Gasteiger partial charge on any atom is -0.312 e. The van der Waals surface area contributed by atoms with Crippen molar-refractivity contribution in [1.82, 2.24) is 5.32 Å². The maximum atomic E-state index is 11.7. The summed E-state index contributed by atoms with van der Waals surface area (Å²) in [6, 6.07) is 0. The van der Waals surface area contributed by atoms with Crippen molar-refractivity contribution in [3.05, 3.63) is 0 Å². The van der Waals surface area contributed by atoms with E-state index < -0.39 is 0 Å². The summed E-state index contributed by atoms with van der Waals surface area (Å²) in [7, 11) is 0. The van der Waals surface area contributed by atoms with Crippen LogP contribution in [-0.4, -0.2) is 17.9 Å². The van der Waals surface area contributed by atoms with Crippen molar-refractivity contribution in [2.45, 2.75) is 97.4 Å². The summed E-state index contributed by atoms with van der Waals surface area (Å²) in [6.07, 6.45) is 11.9. The van der Waals surface area contributed by atoms with Gasteiger partial charge in [-0.25, -0.2) is 0 Å². The molecule has 0 aromatic carbocycles. The quantitative estimate of drug-likeness (QED) is 0.512. The summed E-state index contributed by atoms with van der Waals surface area (Å²) < 4.78 is 0. The van der Waals surface area contributed by atoms with Gasteiger partial charge < -0.3 is 5.32 Å². The molecule has 0 rings (SSSR count). The first kappa shape index (κ1) is 18.6. The summed E-state index contributed by atoms with van der Waals surface area (Å²) in [5.41, 5.74) is 0.124. The van der Waals surface area contributed by atoms with Crippen LogP contribution in [0, 0.1) is 0 Å². The number of carbonyl (C=O) groups excluding carboxylic acids is 1. The number of nitrogens with one attached hydrogen (secondary N) is 1. The molecular weight excluding hydrogens is 234 g/mol. The topological polar surface area (TPSA) is 29.1 Å². The first-order chi connectivity index (χ1) is 8.95. The van der Waals surface area contributed by atoms with Crippen LogP contribution in [-0.2, 0) is 4.79 Å². The molecule has 0 atom stereocenters. The van der Waals surface area contributed by atoms with Crippen LogP contribution >= 0.6 is 0 Å². The first-order valence-electron chi connectivity index (χ1n) is 8.22. The minimum atomic E-state index is 0.124. The van der Waals surface area contributed by atoms with E-state index >= 15 is 0 Å². The van der Waals surface area contributed by atoms with Crippen LogP contribution < -0.4 is 5.32 Å². The van der Waals surface area contributed by atoms with Crippen molar-refractivity contribution in [2.75, 3.05) is 6.54 Å². The Bertz CT molecular complexity index is 218. The molecule has 0 aliphatic rings. The molecule has 0 bridgehead atoms. The lowest BCUT2D eigenvalue weighted by Crippen LogP contribution is -2.37. The number of rotatable bonds is 12. The second kappa shape index (κ2) is 11.5. The van der Waals surface area contributed by atoms with Crippen molar-refractivity contribution in [2.24, 2.45) is 0 Å². The number of hydrogen-bond acceptors (Lipinski definition) is 2. The zero-order chi connectivity index (χ0) is 14.6. The van der Waals surface area contributed by atoms with Crippen LogP contribution in [0.1, 0.15) is 91.9 Å². The van der Waals surface area contributed by atoms with Crippen LogP contribution in [0.3, 0.4) is 0 Å². The molecule has 0 aromatic rings.